The van der Waals surface area contributed by atoms with Crippen LogP contribution in [0.15, 0.2) is 17.6 Å². The van der Waals surface area contributed by atoms with Crippen molar-refractivity contribution in [3.05, 3.63) is 28.8 Å². The summed E-state index contributed by atoms with van der Waals surface area (Å²) in [5.41, 5.74) is 6.16. The van der Waals surface area contributed by atoms with Gasteiger partial charge in [0.1, 0.15) is 0 Å². The Kier molecular flexibility index (Phi) is 2.79. The van der Waals surface area contributed by atoms with Gasteiger partial charge in [-0.1, -0.05) is 40.7 Å². The molecule has 0 unspecified atom stereocenters. The summed E-state index contributed by atoms with van der Waals surface area (Å²) in [7, 11) is 0. The molecule has 0 saturated heterocycles. The average molecular weight is 233 g/mol. The zero-order valence-electron chi connectivity index (χ0n) is 10.7. The molecular formula is C14H19NS. The molecule has 0 N–H and O–H groups in total. The third-order valence-corrected chi connectivity index (χ3v) is 3.70. The van der Waals surface area contributed by atoms with Gasteiger partial charge in [-0.05, 0) is 28.5 Å². The summed E-state index contributed by atoms with van der Waals surface area (Å²) in [4.78, 5) is 4.55. The molecule has 0 fully saturated rings. The van der Waals surface area contributed by atoms with E-state index >= 15 is 0 Å². The molecule has 1 aromatic carbocycles. The van der Waals surface area contributed by atoms with E-state index < -0.39 is 0 Å². The molecule has 0 radical (unpaired) electrons. The van der Waals surface area contributed by atoms with Crippen molar-refractivity contribution >= 4 is 21.6 Å². The van der Waals surface area contributed by atoms with Crippen molar-refractivity contribution in [2.45, 2.75) is 46.0 Å². The molecule has 1 nitrogen and oxygen atoms in total. The second kappa shape index (κ2) is 3.85. The average Bonchev–Trinajstić information content (AvgIpc) is 2.61. The van der Waals surface area contributed by atoms with Crippen molar-refractivity contribution in [2.75, 3.05) is 0 Å². The maximum atomic E-state index is 4.55. The SMILES string of the molecule is CC(C)c1ccc2scnc2c1C(C)(C)C. The third-order valence-electron chi connectivity index (χ3n) is 2.91. The lowest BCUT2D eigenvalue weighted by Gasteiger charge is -2.25. The summed E-state index contributed by atoms with van der Waals surface area (Å²) in [6.07, 6.45) is 0. The van der Waals surface area contributed by atoms with Crippen LogP contribution in [-0.2, 0) is 5.41 Å². The van der Waals surface area contributed by atoms with Crippen LogP contribution in [0.5, 0.6) is 0 Å². The number of fused-ring (bicyclic) bond motifs is 1. The molecular weight excluding hydrogens is 214 g/mol. The quantitative estimate of drug-likeness (QED) is 0.694. The van der Waals surface area contributed by atoms with Gasteiger partial charge in [-0.15, -0.1) is 11.3 Å². The lowest BCUT2D eigenvalue weighted by Crippen LogP contribution is -2.15. The van der Waals surface area contributed by atoms with Gasteiger partial charge in [-0.25, -0.2) is 4.98 Å². The molecule has 2 rings (SSSR count). The first-order valence-corrected chi connectivity index (χ1v) is 6.66. The van der Waals surface area contributed by atoms with E-state index in [0.29, 0.717) is 5.92 Å². The molecule has 1 heterocycles. The predicted octanol–water partition coefficient (Wildman–Crippen LogP) is 4.72. The van der Waals surface area contributed by atoms with Gasteiger partial charge in [-0.3, -0.25) is 0 Å². The molecule has 1 aromatic heterocycles. The number of hydrogen-bond acceptors (Lipinski definition) is 2. The number of thiazole rings is 1. The lowest BCUT2D eigenvalue weighted by molar-refractivity contribution is 0.582. The van der Waals surface area contributed by atoms with Crippen molar-refractivity contribution in [1.82, 2.24) is 4.98 Å². The Morgan fingerprint density at radius 2 is 1.88 bits per heavy atom. The molecule has 0 saturated carbocycles. The number of rotatable bonds is 1. The van der Waals surface area contributed by atoms with Crippen LogP contribution in [0.3, 0.4) is 0 Å². The van der Waals surface area contributed by atoms with E-state index in [0.717, 1.165) is 0 Å². The standard InChI is InChI=1S/C14H19NS/c1-9(2)10-6-7-11-13(15-8-16-11)12(10)14(3,4)5/h6-9H,1-5H3. The molecule has 16 heavy (non-hydrogen) atoms. The number of nitrogens with zero attached hydrogens (tertiary/aromatic N) is 1. The van der Waals surface area contributed by atoms with Crippen molar-refractivity contribution in [1.29, 1.82) is 0 Å². The fourth-order valence-electron chi connectivity index (χ4n) is 2.22. The van der Waals surface area contributed by atoms with Gasteiger partial charge >= 0.3 is 0 Å². The van der Waals surface area contributed by atoms with Crippen LogP contribution in [0.4, 0.5) is 0 Å². The van der Waals surface area contributed by atoms with Crippen molar-refractivity contribution in [3.63, 3.8) is 0 Å². The normalized spacial score (nSPS) is 12.6. The molecule has 0 atom stereocenters. The number of aromatic nitrogens is 1. The highest BCUT2D eigenvalue weighted by molar-refractivity contribution is 7.16. The van der Waals surface area contributed by atoms with Gasteiger partial charge in [0.25, 0.3) is 0 Å². The summed E-state index contributed by atoms with van der Waals surface area (Å²) >= 11 is 1.73. The predicted molar refractivity (Wildman–Crippen MR) is 72.4 cm³/mol. The zero-order valence-corrected chi connectivity index (χ0v) is 11.5. The Hall–Kier alpha value is -0.890. The minimum Gasteiger partial charge on any atom is -0.244 e. The van der Waals surface area contributed by atoms with Gasteiger partial charge < -0.3 is 0 Å². The summed E-state index contributed by atoms with van der Waals surface area (Å²) < 4.78 is 1.30. The van der Waals surface area contributed by atoms with Crippen LogP contribution in [-0.4, -0.2) is 4.98 Å². The van der Waals surface area contributed by atoms with Crippen LogP contribution in [0.2, 0.25) is 0 Å². The number of benzene rings is 1. The van der Waals surface area contributed by atoms with Crippen LogP contribution in [0.25, 0.3) is 10.2 Å². The maximum absolute atomic E-state index is 4.55. The van der Waals surface area contributed by atoms with Crippen LogP contribution in [0, 0.1) is 0 Å². The first-order valence-electron chi connectivity index (χ1n) is 5.78. The van der Waals surface area contributed by atoms with Crippen molar-refractivity contribution in [3.8, 4) is 0 Å². The molecule has 2 heteroatoms. The Bertz CT molecular complexity index is 503. The third kappa shape index (κ3) is 1.86. The van der Waals surface area contributed by atoms with E-state index in [2.05, 4.69) is 51.7 Å². The molecule has 2 aromatic rings. The topological polar surface area (TPSA) is 12.9 Å². The number of hydrogen-bond donors (Lipinski definition) is 0. The first-order chi connectivity index (χ1) is 7.41. The van der Waals surface area contributed by atoms with Crippen molar-refractivity contribution < 1.29 is 0 Å². The Balaban J connectivity index is 2.81. The summed E-state index contributed by atoms with van der Waals surface area (Å²) in [6.45, 7) is 11.3. The summed E-state index contributed by atoms with van der Waals surface area (Å²) in [6, 6.07) is 4.48. The Morgan fingerprint density at radius 1 is 1.19 bits per heavy atom. The van der Waals surface area contributed by atoms with E-state index in [1.807, 2.05) is 5.51 Å². The largest absolute Gasteiger partial charge is 0.244 e. The smallest absolute Gasteiger partial charge is 0.0852 e. The second-order valence-electron chi connectivity index (χ2n) is 5.63. The highest BCUT2D eigenvalue weighted by Gasteiger charge is 2.23. The molecule has 86 valence electrons. The Morgan fingerprint density at radius 3 is 2.44 bits per heavy atom. The van der Waals surface area contributed by atoms with Gasteiger partial charge in [0.15, 0.2) is 0 Å². The minimum atomic E-state index is 0.160. The zero-order chi connectivity index (χ0) is 11.9. The van der Waals surface area contributed by atoms with E-state index in [1.165, 1.54) is 21.3 Å². The molecule has 0 aliphatic rings. The maximum Gasteiger partial charge on any atom is 0.0852 e. The van der Waals surface area contributed by atoms with Gasteiger partial charge in [0, 0.05) is 0 Å². The van der Waals surface area contributed by atoms with E-state index in [-0.39, 0.29) is 5.41 Å². The first kappa shape index (κ1) is 11.6. The highest BCUT2D eigenvalue weighted by Crippen LogP contribution is 2.36. The summed E-state index contributed by atoms with van der Waals surface area (Å²) in [5, 5.41) is 0. The second-order valence-corrected chi connectivity index (χ2v) is 6.52. The molecule has 0 spiro atoms. The van der Waals surface area contributed by atoms with Crippen LogP contribution < -0.4 is 0 Å². The minimum absolute atomic E-state index is 0.160. The lowest BCUT2D eigenvalue weighted by atomic mass is 9.80. The molecule has 0 bridgehead atoms. The molecule has 0 aliphatic carbocycles. The van der Waals surface area contributed by atoms with Crippen LogP contribution >= 0.6 is 11.3 Å². The fourth-order valence-corrected chi connectivity index (χ4v) is 2.90. The monoisotopic (exact) mass is 233 g/mol. The van der Waals surface area contributed by atoms with E-state index in [4.69, 9.17) is 0 Å². The molecule has 0 amide bonds. The molecule has 0 aliphatic heterocycles. The van der Waals surface area contributed by atoms with Gasteiger partial charge in [-0.2, -0.15) is 0 Å². The van der Waals surface area contributed by atoms with Gasteiger partial charge in [0.2, 0.25) is 0 Å². The Labute approximate surface area is 102 Å². The highest BCUT2D eigenvalue weighted by atomic mass is 32.1. The fraction of sp³-hybridized carbons (Fsp3) is 0.500. The van der Waals surface area contributed by atoms with Gasteiger partial charge in [0.05, 0.1) is 15.7 Å². The van der Waals surface area contributed by atoms with E-state index in [1.54, 1.807) is 11.3 Å². The van der Waals surface area contributed by atoms with Crippen LogP contribution in [0.1, 0.15) is 51.7 Å². The van der Waals surface area contributed by atoms with E-state index in [9.17, 15) is 0 Å². The summed E-state index contributed by atoms with van der Waals surface area (Å²) in [5.74, 6) is 0.556. The van der Waals surface area contributed by atoms with Crippen molar-refractivity contribution in [2.24, 2.45) is 0 Å².